The number of fused-ring (bicyclic) bond motifs is 2. The summed E-state index contributed by atoms with van der Waals surface area (Å²) in [7, 11) is -2.71. The van der Waals surface area contributed by atoms with Crippen LogP contribution < -0.4 is 5.32 Å². The number of carboxylic acid groups (broad SMARTS) is 1. The Kier molecular flexibility index (Phi) is 8.47. The highest BCUT2D eigenvalue weighted by atomic mass is 28.4. The number of hydrogen-bond donors (Lipinski definition) is 2. The molecule has 4 unspecified atom stereocenters. The molecule has 0 aromatic rings. The summed E-state index contributed by atoms with van der Waals surface area (Å²) in [5, 5.41) is 12.5. The molecule has 0 saturated heterocycles. The first-order chi connectivity index (χ1) is 13.0. The lowest BCUT2D eigenvalue weighted by molar-refractivity contribution is -0.152. The molecule has 2 bridgehead atoms. The summed E-state index contributed by atoms with van der Waals surface area (Å²) in [6.07, 6.45) is 6.41. The van der Waals surface area contributed by atoms with E-state index >= 15 is 0 Å². The largest absolute Gasteiger partial charge is 0.500 e. The van der Waals surface area contributed by atoms with Gasteiger partial charge in [-0.05, 0) is 51.9 Å². The van der Waals surface area contributed by atoms with Gasteiger partial charge in [0.1, 0.15) is 0 Å². The van der Waals surface area contributed by atoms with Crippen molar-refractivity contribution in [1.29, 1.82) is 0 Å². The standard InChI is InChI=1S/C19H33NO6Si/c1-4-24-27(25-5-2,26-6-3)13-7-12-20-18(21)16-14-8-10-15(11-9-14)17(16)19(22)23/h8,10,14-17H,4-7,9,11-13H2,1-3H3,(H,20,21)(H,22,23). The molecule has 1 saturated carbocycles. The molecule has 0 radical (unpaired) electrons. The van der Waals surface area contributed by atoms with Crippen molar-refractivity contribution in [3.8, 4) is 0 Å². The van der Waals surface area contributed by atoms with Crippen molar-refractivity contribution in [3.63, 3.8) is 0 Å². The van der Waals surface area contributed by atoms with Crippen molar-refractivity contribution in [2.24, 2.45) is 23.7 Å². The highest BCUT2D eigenvalue weighted by Crippen LogP contribution is 2.45. The topological polar surface area (TPSA) is 94.1 Å². The molecule has 27 heavy (non-hydrogen) atoms. The average Bonchev–Trinajstić information content (AvgIpc) is 2.66. The Hall–Kier alpha value is -1.22. The van der Waals surface area contributed by atoms with E-state index in [0.717, 1.165) is 12.8 Å². The molecule has 0 aromatic carbocycles. The number of allylic oxidation sites excluding steroid dienone is 2. The SMILES string of the molecule is CCO[Si](CCCNC(=O)C1C2C=CC(CC2)C1C(=O)O)(OCC)OCC. The van der Waals surface area contributed by atoms with Gasteiger partial charge in [0.25, 0.3) is 0 Å². The van der Waals surface area contributed by atoms with Crippen LogP contribution in [0.2, 0.25) is 6.04 Å². The molecular weight excluding hydrogens is 366 g/mol. The molecule has 154 valence electrons. The molecule has 1 fully saturated rings. The number of carbonyl (C=O) groups is 2. The van der Waals surface area contributed by atoms with Crippen molar-refractivity contribution in [1.82, 2.24) is 5.32 Å². The van der Waals surface area contributed by atoms with Gasteiger partial charge >= 0.3 is 14.8 Å². The van der Waals surface area contributed by atoms with Crippen molar-refractivity contribution >= 4 is 20.7 Å². The fourth-order valence-corrected chi connectivity index (χ4v) is 6.94. The number of aliphatic carboxylic acids is 1. The third-order valence-electron chi connectivity index (χ3n) is 5.39. The summed E-state index contributed by atoms with van der Waals surface area (Å²) in [5.41, 5.74) is 0. The first kappa shape index (κ1) is 22.1. The first-order valence-electron chi connectivity index (χ1n) is 10.1. The van der Waals surface area contributed by atoms with E-state index in [9.17, 15) is 14.7 Å². The number of carboxylic acids is 1. The number of hydrogen-bond acceptors (Lipinski definition) is 5. The van der Waals surface area contributed by atoms with Crippen LogP contribution in [0.3, 0.4) is 0 Å². The van der Waals surface area contributed by atoms with Gasteiger partial charge in [-0.2, -0.15) is 0 Å². The summed E-state index contributed by atoms with van der Waals surface area (Å²) in [6, 6.07) is 0.627. The van der Waals surface area contributed by atoms with Gasteiger partial charge in [0.15, 0.2) is 0 Å². The normalized spacial score (nSPS) is 26.9. The summed E-state index contributed by atoms with van der Waals surface area (Å²) >= 11 is 0. The quantitative estimate of drug-likeness (QED) is 0.297. The Labute approximate surface area is 162 Å². The molecule has 2 N–H and O–H groups in total. The molecule has 7 nitrogen and oxygen atoms in total. The third kappa shape index (κ3) is 5.40. The molecule has 0 heterocycles. The molecule has 8 heteroatoms. The predicted octanol–water partition coefficient (Wildman–Crippen LogP) is 2.45. The van der Waals surface area contributed by atoms with E-state index in [1.807, 2.05) is 32.9 Å². The van der Waals surface area contributed by atoms with Crippen LogP contribution in [0.4, 0.5) is 0 Å². The molecular formula is C19H33NO6Si. The molecule has 3 aliphatic rings. The van der Waals surface area contributed by atoms with Crippen LogP contribution in [-0.4, -0.2) is 52.2 Å². The minimum atomic E-state index is -2.71. The van der Waals surface area contributed by atoms with Crippen LogP contribution in [0.15, 0.2) is 12.2 Å². The minimum absolute atomic E-state index is 0.0276. The summed E-state index contributed by atoms with van der Waals surface area (Å²) in [5.74, 6) is -2.11. The number of amides is 1. The van der Waals surface area contributed by atoms with Gasteiger partial charge in [-0.1, -0.05) is 12.2 Å². The van der Waals surface area contributed by atoms with E-state index in [1.54, 1.807) is 0 Å². The van der Waals surface area contributed by atoms with E-state index in [2.05, 4.69) is 5.32 Å². The Morgan fingerprint density at radius 3 is 1.96 bits per heavy atom. The maximum atomic E-state index is 12.7. The van der Waals surface area contributed by atoms with Gasteiger partial charge < -0.3 is 23.7 Å². The lowest BCUT2D eigenvalue weighted by Gasteiger charge is -2.41. The van der Waals surface area contributed by atoms with E-state index in [4.69, 9.17) is 13.3 Å². The van der Waals surface area contributed by atoms with Crippen LogP contribution in [0, 0.1) is 23.7 Å². The van der Waals surface area contributed by atoms with Crippen molar-refractivity contribution in [3.05, 3.63) is 12.2 Å². The van der Waals surface area contributed by atoms with Gasteiger partial charge in [0, 0.05) is 32.4 Å². The van der Waals surface area contributed by atoms with Crippen molar-refractivity contribution < 1.29 is 28.0 Å². The molecule has 1 amide bonds. The van der Waals surface area contributed by atoms with Crippen LogP contribution in [0.1, 0.15) is 40.0 Å². The van der Waals surface area contributed by atoms with Crippen LogP contribution in [-0.2, 0) is 22.9 Å². The highest BCUT2D eigenvalue weighted by Gasteiger charge is 2.48. The lowest BCUT2D eigenvalue weighted by Crippen LogP contribution is -2.49. The van der Waals surface area contributed by atoms with Crippen LogP contribution >= 0.6 is 0 Å². The summed E-state index contributed by atoms with van der Waals surface area (Å²) in [4.78, 5) is 24.4. The second-order valence-electron chi connectivity index (χ2n) is 7.06. The zero-order chi connectivity index (χ0) is 19.9. The zero-order valence-corrected chi connectivity index (χ0v) is 17.6. The fraction of sp³-hybridized carbons (Fsp3) is 0.789. The molecule has 0 spiro atoms. The van der Waals surface area contributed by atoms with E-state index in [0.29, 0.717) is 38.8 Å². The maximum absolute atomic E-state index is 12.7. The van der Waals surface area contributed by atoms with Crippen molar-refractivity contribution in [2.75, 3.05) is 26.4 Å². The fourth-order valence-electron chi connectivity index (χ4n) is 4.32. The maximum Gasteiger partial charge on any atom is 0.500 e. The predicted molar refractivity (Wildman–Crippen MR) is 103 cm³/mol. The smallest absolute Gasteiger partial charge is 0.481 e. The van der Waals surface area contributed by atoms with Crippen molar-refractivity contribution in [2.45, 2.75) is 46.1 Å². The third-order valence-corrected chi connectivity index (χ3v) is 8.54. The van der Waals surface area contributed by atoms with Crippen LogP contribution in [0.25, 0.3) is 0 Å². The Morgan fingerprint density at radius 1 is 1.00 bits per heavy atom. The summed E-state index contributed by atoms with van der Waals surface area (Å²) < 4.78 is 17.5. The van der Waals surface area contributed by atoms with Gasteiger partial charge in [-0.15, -0.1) is 0 Å². The van der Waals surface area contributed by atoms with E-state index in [1.165, 1.54) is 0 Å². The molecule has 0 aliphatic heterocycles. The molecule has 4 atom stereocenters. The average molecular weight is 400 g/mol. The number of carbonyl (C=O) groups excluding carboxylic acids is 1. The number of rotatable bonds is 12. The van der Waals surface area contributed by atoms with Crippen LogP contribution in [0.5, 0.6) is 0 Å². The van der Waals surface area contributed by atoms with Gasteiger partial charge in [-0.3, -0.25) is 9.59 Å². The molecule has 3 rings (SSSR count). The van der Waals surface area contributed by atoms with E-state index < -0.39 is 26.6 Å². The zero-order valence-electron chi connectivity index (χ0n) is 16.6. The Balaban J connectivity index is 1.89. The monoisotopic (exact) mass is 399 g/mol. The molecule has 3 aliphatic carbocycles. The Morgan fingerprint density at radius 2 is 1.52 bits per heavy atom. The first-order valence-corrected chi connectivity index (χ1v) is 12.0. The summed E-state index contributed by atoms with van der Waals surface area (Å²) in [6.45, 7) is 7.78. The second kappa shape index (κ2) is 10.4. The number of nitrogens with one attached hydrogen (secondary N) is 1. The molecule has 0 aromatic heterocycles. The van der Waals surface area contributed by atoms with E-state index in [-0.39, 0.29) is 17.7 Å². The van der Waals surface area contributed by atoms with Gasteiger partial charge in [-0.25, -0.2) is 0 Å². The lowest BCUT2D eigenvalue weighted by atomic mass is 9.62. The highest BCUT2D eigenvalue weighted by molar-refractivity contribution is 6.60. The Bertz CT molecular complexity index is 523. The van der Waals surface area contributed by atoms with Gasteiger partial charge in [0.2, 0.25) is 5.91 Å². The van der Waals surface area contributed by atoms with Gasteiger partial charge in [0.05, 0.1) is 11.8 Å². The second-order valence-corrected chi connectivity index (χ2v) is 9.79. The minimum Gasteiger partial charge on any atom is -0.481 e.